The molecule has 2 N–H and O–H groups in total. The number of hydrogen-bond acceptors (Lipinski definition) is 4. The molecule has 0 aliphatic heterocycles. The van der Waals surface area contributed by atoms with Crippen LogP contribution < -0.4 is 5.73 Å². The van der Waals surface area contributed by atoms with Gasteiger partial charge in [0, 0.05) is 22.9 Å². The second-order valence-electron chi connectivity index (χ2n) is 3.22. The third kappa shape index (κ3) is 4.64. The summed E-state index contributed by atoms with van der Waals surface area (Å²) in [4.78, 5) is 4.38. The first-order chi connectivity index (χ1) is 6.18. The Morgan fingerprint density at radius 1 is 1.69 bits per heavy atom. The monoisotopic (exact) mass is 216 g/mol. The number of nitrogens with zero attached hydrogens (tertiary/aromatic N) is 1. The summed E-state index contributed by atoms with van der Waals surface area (Å²) in [5.74, 6) is 1.13. The van der Waals surface area contributed by atoms with Crippen LogP contribution >= 0.6 is 23.1 Å². The molecule has 1 atom stereocenters. The fourth-order valence-corrected chi connectivity index (χ4v) is 2.84. The number of nitrogens with two attached hydrogens (primary N) is 1. The molecule has 1 aromatic rings. The molecule has 1 rings (SSSR count). The maximum Gasteiger partial charge on any atom is 0.150 e. The Bertz CT molecular complexity index is 246. The van der Waals surface area contributed by atoms with E-state index in [4.69, 9.17) is 5.73 Å². The molecule has 0 saturated carbocycles. The van der Waals surface area contributed by atoms with Crippen LogP contribution in [0.25, 0.3) is 0 Å². The van der Waals surface area contributed by atoms with Gasteiger partial charge in [-0.25, -0.2) is 4.98 Å². The van der Waals surface area contributed by atoms with Crippen LogP contribution in [-0.2, 0) is 0 Å². The first kappa shape index (κ1) is 11.0. The van der Waals surface area contributed by atoms with E-state index >= 15 is 0 Å². The second kappa shape index (κ2) is 5.62. The van der Waals surface area contributed by atoms with Crippen molar-refractivity contribution in [3.8, 4) is 0 Å². The number of rotatable bonds is 5. The minimum atomic E-state index is 0.332. The standard InChI is InChI=1S/C9H16N2S2/c1-7(10)4-3-5-12-9-11-8(2)6-13-9/h6-7H,3-5,10H2,1-2H3. The third-order valence-corrected chi connectivity index (χ3v) is 3.85. The molecule has 0 aliphatic rings. The minimum absolute atomic E-state index is 0.332. The van der Waals surface area contributed by atoms with Gasteiger partial charge in [0.05, 0.1) is 0 Å². The maximum absolute atomic E-state index is 5.65. The van der Waals surface area contributed by atoms with Crippen molar-refractivity contribution >= 4 is 23.1 Å². The van der Waals surface area contributed by atoms with Crippen molar-refractivity contribution in [2.24, 2.45) is 5.73 Å². The summed E-state index contributed by atoms with van der Waals surface area (Å²) in [6.07, 6.45) is 2.29. The first-order valence-corrected chi connectivity index (χ1v) is 6.35. The lowest BCUT2D eigenvalue weighted by molar-refractivity contribution is 0.656. The van der Waals surface area contributed by atoms with Gasteiger partial charge in [-0.15, -0.1) is 11.3 Å². The lowest BCUT2D eigenvalue weighted by atomic mass is 10.2. The van der Waals surface area contributed by atoms with Crippen LogP contribution in [0.5, 0.6) is 0 Å². The molecule has 2 nitrogen and oxygen atoms in total. The van der Waals surface area contributed by atoms with E-state index in [0.717, 1.165) is 17.9 Å². The van der Waals surface area contributed by atoms with Crippen molar-refractivity contribution < 1.29 is 0 Å². The zero-order chi connectivity index (χ0) is 9.68. The van der Waals surface area contributed by atoms with Gasteiger partial charge in [-0.05, 0) is 26.7 Å². The van der Waals surface area contributed by atoms with E-state index in [0.29, 0.717) is 6.04 Å². The van der Waals surface area contributed by atoms with Crippen molar-refractivity contribution in [3.05, 3.63) is 11.1 Å². The van der Waals surface area contributed by atoms with Gasteiger partial charge < -0.3 is 5.73 Å². The number of aromatic nitrogens is 1. The Hall–Kier alpha value is -0.0600. The van der Waals surface area contributed by atoms with Gasteiger partial charge in [-0.1, -0.05) is 11.8 Å². The van der Waals surface area contributed by atoms with Crippen molar-refractivity contribution in [2.45, 2.75) is 37.1 Å². The fraction of sp³-hybridized carbons (Fsp3) is 0.667. The van der Waals surface area contributed by atoms with Gasteiger partial charge in [-0.2, -0.15) is 0 Å². The van der Waals surface area contributed by atoms with Crippen molar-refractivity contribution in [2.75, 3.05) is 5.75 Å². The zero-order valence-corrected chi connectivity index (χ0v) is 9.75. The third-order valence-electron chi connectivity index (χ3n) is 1.63. The van der Waals surface area contributed by atoms with Gasteiger partial charge in [0.25, 0.3) is 0 Å². The van der Waals surface area contributed by atoms with E-state index in [1.807, 2.05) is 18.7 Å². The molecule has 0 spiro atoms. The van der Waals surface area contributed by atoms with Crippen LogP contribution in [0.15, 0.2) is 9.72 Å². The highest BCUT2D eigenvalue weighted by Gasteiger charge is 1.99. The molecule has 13 heavy (non-hydrogen) atoms. The molecule has 0 fully saturated rings. The van der Waals surface area contributed by atoms with Crippen LogP contribution in [-0.4, -0.2) is 16.8 Å². The summed E-state index contributed by atoms with van der Waals surface area (Å²) >= 11 is 3.56. The quantitative estimate of drug-likeness (QED) is 0.607. The molecular formula is C9H16N2S2. The first-order valence-electron chi connectivity index (χ1n) is 4.49. The van der Waals surface area contributed by atoms with Crippen molar-refractivity contribution in [3.63, 3.8) is 0 Å². The largest absolute Gasteiger partial charge is 0.328 e. The summed E-state index contributed by atoms with van der Waals surface area (Å²) in [5, 5.41) is 2.09. The fourth-order valence-electron chi connectivity index (χ4n) is 0.963. The predicted octanol–water partition coefficient (Wildman–Crippen LogP) is 2.67. The Kier molecular flexibility index (Phi) is 4.77. The molecule has 0 saturated heterocycles. The second-order valence-corrected chi connectivity index (χ2v) is 5.42. The van der Waals surface area contributed by atoms with Gasteiger partial charge in [-0.3, -0.25) is 0 Å². The molecule has 1 unspecified atom stereocenters. The van der Waals surface area contributed by atoms with Crippen LogP contribution in [0.3, 0.4) is 0 Å². The Labute approximate surface area is 87.9 Å². The summed E-state index contributed by atoms with van der Waals surface area (Å²) in [6, 6.07) is 0.332. The SMILES string of the molecule is Cc1csc(SCCCC(C)N)n1. The number of aryl methyl sites for hydroxylation is 1. The lowest BCUT2D eigenvalue weighted by Gasteiger charge is -2.02. The van der Waals surface area contributed by atoms with Gasteiger partial charge in [0.2, 0.25) is 0 Å². The van der Waals surface area contributed by atoms with Crippen LogP contribution in [0, 0.1) is 6.92 Å². The highest BCUT2D eigenvalue weighted by Crippen LogP contribution is 2.23. The predicted molar refractivity (Wildman–Crippen MR) is 60.5 cm³/mol. The van der Waals surface area contributed by atoms with E-state index in [1.165, 1.54) is 10.8 Å². The van der Waals surface area contributed by atoms with Crippen LogP contribution in [0.1, 0.15) is 25.5 Å². The Morgan fingerprint density at radius 3 is 3.00 bits per heavy atom. The molecule has 4 heteroatoms. The summed E-state index contributed by atoms with van der Waals surface area (Å²) in [6.45, 7) is 4.08. The molecule has 74 valence electrons. The van der Waals surface area contributed by atoms with Gasteiger partial charge in [0.15, 0.2) is 0 Å². The summed E-state index contributed by atoms with van der Waals surface area (Å²) in [7, 11) is 0. The van der Waals surface area contributed by atoms with Gasteiger partial charge >= 0.3 is 0 Å². The highest BCUT2D eigenvalue weighted by atomic mass is 32.2. The molecule has 1 heterocycles. The topological polar surface area (TPSA) is 38.9 Å². The molecule has 0 aliphatic carbocycles. The molecule has 0 aromatic carbocycles. The van der Waals surface area contributed by atoms with E-state index < -0.39 is 0 Å². The van der Waals surface area contributed by atoms with Crippen LogP contribution in [0.4, 0.5) is 0 Å². The molecule has 1 aromatic heterocycles. The Morgan fingerprint density at radius 2 is 2.46 bits per heavy atom. The van der Waals surface area contributed by atoms with E-state index in [9.17, 15) is 0 Å². The van der Waals surface area contributed by atoms with Gasteiger partial charge in [0.1, 0.15) is 4.34 Å². The van der Waals surface area contributed by atoms with Crippen LogP contribution in [0.2, 0.25) is 0 Å². The molecule has 0 amide bonds. The molecular weight excluding hydrogens is 200 g/mol. The van der Waals surface area contributed by atoms with Crippen molar-refractivity contribution in [1.29, 1.82) is 0 Å². The lowest BCUT2D eigenvalue weighted by Crippen LogP contribution is -2.14. The maximum atomic E-state index is 5.65. The summed E-state index contributed by atoms with van der Waals surface area (Å²) < 4.78 is 1.18. The zero-order valence-electron chi connectivity index (χ0n) is 8.12. The number of hydrogen-bond donors (Lipinski definition) is 1. The van der Waals surface area contributed by atoms with Crippen molar-refractivity contribution in [1.82, 2.24) is 4.98 Å². The van der Waals surface area contributed by atoms with E-state index in [2.05, 4.69) is 17.3 Å². The summed E-state index contributed by atoms with van der Waals surface area (Å²) in [5.41, 5.74) is 6.78. The average molecular weight is 216 g/mol. The van der Waals surface area contributed by atoms with E-state index in [-0.39, 0.29) is 0 Å². The molecule has 0 bridgehead atoms. The van der Waals surface area contributed by atoms with E-state index in [1.54, 1.807) is 11.3 Å². The minimum Gasteiger partial charge on any atom is -0.328 e. The smallest absolute Gasteiger partial charge is 0.150 e. The Balaban J connectivity index is 2.13. The number of thiazole rings is 1. The molecule has 0 radical (unpaired) electrons. The highest BCUT2D eigenvalue weighted by molar-refractivity contribution is 8.00. The normalized spacial score (nSPS) is 13.2. The average Bonchev–Trinajstić information content (AvgIpc) is 2.45. The number of thioether (sulfide) groups is 1.